The van der Waals surface area contributed by atoms with Gasteiger partial charge in [0, 0.05) is 31.7 Å². The summed E-state index contributed by atoms with van der Waals surface area (Å²) in [4.78, 5) is 5.24. The molecule has 0 amide bonds. The molecule has 3 unspecified atom stereocenters. The maximum atomic E-state index is 6.07. The van der Waals surface area contributed by atoms with Gasteiger partial charge in [-0.3, -0.25) is 4.90 Å². The molecular formula is C18H29N3. The SMILES string of the molecule is CN1CCN(C2CCCCC2CN)C(c2ccccc2)C1. The lowest BCUT2D eigenvalue weighted by atomic mass is 9.82. The van der Waals surface area contributed by atoms with Gasteiger partial charge in [-0.05, 0) is 37.9 Å². The second-order valence-corrected chi connectivity index (χ2v) is 6.77. The molecule has 21 heavy (non-hydrogen) atoms. The smallest absolute Gasteiger partial charge is 0.0478 e. The summed E-state index contributed by atoms with van der Waals surface area (Å²) < 4.78 is 0. The molecule has 3 atom stereocenters. The minimum Gasteiger partial charge on any atom is -0.330 e. The van der Waals surface area contributed by atoms with E-state index in [0.29, 0.717) is 18.0 Å². The fourth-order valence-electron chi connectivity index (χ4n) is 4.20. The number of hydrogen-bond acceptors (Lipinski definition) is 3. The summed E-state index contributed by atoms with van der Waals surface area (Å²) in [5.74, 6) is 0.688. The quantitative estimate of drug-likeness (QED) is 0.927. The third-order valence-electron chi connectivity index (χ3n) is 5.41. The van der Waals surface area contributed by atoms with Crippen LogP contribution in [0.3, 0.4) is 0 Å². The molecule has 1 heterocycles. The fraction of sp³-hybridized carbons (Fsp3) is 0.667. The highest BCUT2D eigenvalue weighted by Crippen LogP contribution is 2.35. The Kier molecular flexibility index (Phi) is 4.94. The van der Waals surface area contributed by atoms with Crippen molar-refractivity contribution in [3.63, 3.8) is 0 Å². The third kappa shape index (κ3) is 3.31. The van der Waals surface area contributed by atoms with E-state index in [4.69, 9.17) is 5.73 Å². The van der Waals surface area contributed by atoms with Crippen molar-refractivity contribution >= 4 is 0 Å². The van der Waals surface area contributed by atoms with Crippen LogP contribution < -0.4 is 5.73 Å². The van der Waals surface area contributed by atoms with Crippen molar-refractivity contribution < 1.29 is 0 Å². The van der Waals surface area contributed by atoms with E-state index in [-0.39, 0.29) is 0 Å². The molecule has 1 saturated carbocycles. The van der Waals surface area contributed by atoms with Crippen LogP contribution in [0.15, 0.2) is 30.3 Å². The molecule has 3 nitrogen and oxygen atoms in total. The van der Waals surface area contributed by atoms with Crippen LogP contribution in [0, 0.1) is 5.92 Å². The molecule has 1 aliphatic carbocycles. The van der Waals surface area contributed by atoms with Crippen LogP contribution in [0.1, 0.15) is 37.3 Å². The summed E-state index contributed by atoms with van der Waals surface area (Å²) >= 11 is 0. The van der Waals surface area contributed by atoms with E-state index in [1.54, 1.807) is 0 Å². The lowest BCUT2D eigenvalue weighted by Crippen LogP contribution is -2.54. The Labute approximate surface area is 129 Å². The van der Waals surface area contributed by atoms with Crippen LogP contribution in [-0.2, 0) is 0 Å². The summed E-state index contributed by atoms with van der Waals surface area (Å²) in [7, 11) is 2.24. The number of piperazine rings is 1. The Morgan fingerprint density at radius 3 is 2.62 bits per heavy atom. The summed E-state index contributed by atoms with van der Waals surface area (Å²) in [5.41, 5.74) is 7.54. The molecule has 2 N–H and O–H groups in total. The second kappa shape index (κ2) is 6.91. The molecule has 1 aromatic carbocycles. The molecule has 2 aliphatic rings. The van der Waals surface area contributed by atoms with E-state index >= 15 is 0 Å². The van der Waals surface area contributed by atoms with Crippen molar-refractivity contribution in [1.29, 1.82) is 0 Å². The van der Waals surface area contributed by atoms with Gasteiger partial charge in [-0.25, -0.2) is 0 Å². The minimum atomic E-state index is 0.530. The van der Waals surface area contributed by atoms with Gasteiger partial charge in [0.25, 0.3) is 0 Å². The summed E-state index contributed by atoms with van der Waals surface area (Å²) in [6, 6.07) is 12.2. The van der Waals surface area contributed by atoms with E-state index in [0.717, 1.165) is 13.1 Å². The average molecular weight is 287 g/mol. The standard InChI is InChI=1S/C18H29N3/c1-20-11-12-21(17-10-6-5-9-16(17)13-19)18(14-20)15-7-3-2-4-8-15/h2-4,7-8,16-18H,5-6,9-14,19H2,1H3. The lowest BCUT2D eigenvalue weighted by molar-refractivity contribution is 0.0127. The Balaban J connectivity index is 1.83. The van der Waals surface area contributed by atoms with Crippen LogP contribution in [0.25, 0.3) is 0 Å². The van der Waals surface area contributed by atoms with Crippen LogP contribution in [0.2, 0.25) is 0 Å². The molecule has 1 aliphatic heterocycles. The number of hydrogen-bond donors (Lipinski definition) is 1. The molecule has 0 bridgehead atoms. The monoisotopic (exact) mass is 287 g/mol. The predicted molar refractivity (Wildman–Crippen MR) is 88.2 cm³/mol. The van der Waals surface area contributed by atoms with Gasteiger partial charge in [0.05, 0.1) is 0 Å². The van der Waals surface area contributed by atoms with E-state index in [1.807, 2.05) is 0 Å². The van der Waals surface area contributed by atoms with Gasteiger partial charge in [-0.2, -0.15) is 0 Å². The van der Waals surface area contributed by atoms with Gasteiger partial charge in [0.1, 0.15) is 0 Å². The zero-order chi connectivity index (χ0) is 14.7. The van der Waals surface area contributed by atoms with Crippen molar-refractivity contribution in [2.45, 2.75) is 37.8 Å². The topological polar surface area (TPSA) is 32.5 Å². The Hall–Kier alpha value is -0.900. The van der Waals surface area contributed by atoms with Crippen molar-refractivity contribution in [2.75, 3.05) is 33.2 Å². The van der Waals surface area contributed by atoms with E-state index < -0.39 is 0 Å². The largest absolute Gasteiger partial charge is 0.330 e. The first-order valence-corrected chi connectivity index (χ1v) is 8.49. The van der Waals surface area contributed by atoms with Crippen molar-refractivity contribution in [3.05, 3.63) is 35.9 Å². The van der Waals surface area contributed by atoms with Gasteiger partial charge in [0.15, 0.2) is 0 Å². The zero-order valence-electron chi connectivity index (χ0n) is 13.2. The van der Waals surface area contributed by atoms with E-state index in [9.17, 15) is 0 Å². The van der Waals surface area contributed by atoms with Gasteiger partial charge >= 0.3 is 0 Å². The highest BCUT2D eigenvalue weighted by atomic mass is 15.3. The van der Waals surface area contributed by atoms with E-state index in [2.05, 4.69) is 47.2 Å². The highest BCUT2D eigenvalue weighted by molar-refractivity contribution is 5.20. The molecule has 1 aromatic rings. The third-order valence-corrected chi connectivity index (χ3v) is 5.41. The molecule has 2 fully saturated rings. The first-order valence-electron chi connectivity index (χ1n) is 8.49. The van der Waals surface area contributed by atoms with Crippen molar-refractivity contribution in [3.8, 4) is 0 Å². The van der Waals surface area contributed by atoms with Crippen LogP contribution in [0.5, 0.6) is 0 Å². The summed E-state index contributed by atoms with van der Waals surface area (Å²) in [5, 5.41) is 0. The van der Waals surface area contributed by atoms with E-state index in [1.165, 1.54) is 44.3 Å². The van der Waals surface area contributed by atoms with Crippen molar-refractivity contribution in [1.82, 2.24) is 9.80 Å². The first-order chi connectivity index (χ1) is 10.3. The normalized spacial score (nSPS) is 32.2. The van der Waals surface area contributed by atoms with Crippen molar-refractivity contribution in [2.24, 2.45) is 11.7 Å². The molecule has 3 rings (SSSR count). The van der Waals surface area contributed by atoms with Crippen LogP contribution in [-0.4, -0.2) is 49.1 Å². The average Bonchev–Trinajstić information content (AvgIpc) is 2.55. The summed E-state index contributed by atoms with van der Waals surface area (Å²) in [6.45, 7) is 4.34. The van der Waals surface area contributed by atoms with Crippen LogP contribution >= 0.6 is 0 Å². The maximum absolute atomic E-state index is 6.07. The summed E-state index contributed by atoms with van der Waals surface area (Å²) in [6.07, 6.45) is 5.38. The predicted octanol–water partition coefficient (Wildman–Crippen LogP) is 2.49. The van der Waals surface area contributed by atoms with Gasteiger partial charge < -0.3 is 10.6 Å². The maximum Gasteiger partial charge on any atom is 0.0478 e. The van der Waals surface area contributed by atoms with Gasteiger partial charge in [-0.15, -0.1) is 0 Å². The number of nitrogens with two attached hydrogens (primary N) is 1. The minimum absolute atomic E-state index is 0.530. The Morgan fingerprint density at radius 2 is 1.86 bits per heavy atom. The molecule has 3 heteroatoms. The molecule has 0 spiro atoms. The zero-order valence-corrected chi connectivity index (χ0v) is 13.2. The molecule has 1 saturated heterocycles. The fourth-order valence-corrected chi connectivity index (χ4v) is 4.20. The number of likely N-dealkylation sites (N-methyl/N-ethyl adjacent to an activating group) is 1. The molecular weight excluding hydrogens is 258 g/mol. The second-order valence-electron chi connectivity index (χ2n) is 6.77. The highest BCUT2D eigenvalue weighted by Gasteiger charge is 2.36. The molecule has 0 aromatic heterocycles. The van der Waals surface area contributed by atoms with Crippen LogP contribution in [0.4, 0.5) is 0 Å². The number of nitrogens with zero attached hydrogens (tertiary/aromatic N) is 2. The lowest BCUT2D eigenvalue weighted by Gasteiger charge is -2.48. The number of benzene rings is 1. The van der Waals surface area contributed by atoms with Gasteiger partial charge in [-0.1, -0.05) is 43.2 Å². The van der Waals surface area contributed by atoms with Gasteiger partial charge in [0.2, 0.25) is 0 Å². The number of rotatable bonds is 3. The first kappa shape index (κ1) is 15.0. The molecule has 116 valence electrons. The molecule has 0 radical (unpaired) electrons. The Morgan fingerprint density at radius 1 is 1.10 bits per heavy atom. The Bertz CT molecular complexity index is 433.